The molecule has 2 N–H and O–H groups in total. The maximum Gasteiger partial charge on any atom is 0.422 e. The number of aliphatic hydroxyl groups excluding tert-OH is 1. The van der Waals surface area contributed by atoms with Gasteiger partial charge in [-0.1, -0.05) is 12.1 Å². The standard InChI is InChI=1S/C16H21F3N2O3/c1-11(22)13-6-7-21(9-13)15(23)20-8-12-2-4-14(5-3-12)24-10-16(17,18)19/h2-5,11,13,22H,6-10H2,1H3,(H,20,23). The molecule has 0 aromatic heterocycles. The zero-order valence-electron chi connectivity index (χ0n) is 13.3. The summed E-state index contributed by atoms with van der Waals surface area (Å²) in [4.78, 5) is 13.7. The smallest absolute Gasteiger partial charge is 0.422 e. The van der Waals surface area contributed by atoms with Crippen molar-refractivity contribution in [3.63, 3.8) is 0 Å². The number of hydrogen-bond donors (Lipinski definition) is 2. The van der Waals surface area contributed by atoms with E-state index in [0.717, 1.165) is 12.0 Å². The minimum atomic E-state index is -4.37. The lowest BCUT2D eigenvalue weighted by molar-refractivity contribution is -0.153. The lowest BCUT2D eigenvalue weighted by Crippen LogP contribution is -2.38. The Morgan fingerprint density at radius 2 is 2.08 bits per heavy atom. The van der Waals surface area contributed by atoms with Crippen molar-refractivity contribution in [2.75, 3.05) is 19.7 Å². The number of benzene rings is 1. The average Bonchev–Trinajstić information content (AvgIpc) is 3.01. The van der Waals surface area contributed by atoms with Crippen molar-refractivity contribution < 1.29 is 27.8 Å². The molecule has 2 rings (SSSR count). The number of rotatable bonds is 5. The van der Waals surface area contributed by atoms with Crippen LogP contribution in [0, 0.1) is 5.92 Å². The SMILES string of the molecule is CC(O)C1CCN(C(=O)NCc2ccc(OCC(F)(F)F)cc2)C1. The third-order valence-corrected chi connectivity index (χ3v) is 3.96. The molecule has 0 bridgehead atoms. The lowest BCUT2D eigenvalue weighted by Gasteiger charge is -2.18. The minimum Gasteiger partial charge on any atom is -0.484 e. The molecule has 134 valence electrons. The molecule has 1 fully saturated rings. The van der Waals surface area contributed by atoms with Gasteiger partial charge < -0.3 is 20.1 Å². The summed E-state index contributed by atoms with van der Waals surface area (Å²) in [5, 5.41) is 12.3. The van der Waals surface area contributed by atoms with Crippen molar-refractivity contribution in [1.29, 1.82) is 0 Å². The largest absolute Gasteiger partial charge is 0.484 e. The molecule has 24 heavy (non-hydrogen) atoms. The van der Waals surface area contributed by atoms with Crippen LogP contribution < -0.4 is 10.1 Å². The first kappa shape index (κ1) is 18.4. The van der Waals surface area contributed by atoms with E-state index in [0.29, 0.717) is 13.1 Å². The van der Waals surface area contributed by atoms with E-state index in [-0.39, 0.29) is 24.2 Å². The van der Waals surface area contributed by atoms with Crippen LogP contribution >= 0.6 is 0 Å². The van der Waals surface area contributed by atoms with Gasteiger partial charge in [-0.2, -0.15) is 13.2 Å². The second kappa shape index (κ2) is 7.74. The highest BCUT2D eigenvalue weighted by Gasteiger charge is 2.29. The quantitative estimate of drug-likeness (QED) is 0.861. The predicted molar refractivity (Wildman–Crippen MR) is 81.6 cm³/mol. The minimum absolute atomic E-state index is 0.0980. The molecule has 0 spiro atoms. The van der Waals surface area contributed by atoms with Crippen LogP contribution in [-0.2, 0) is 6.54 Å². The number of halogens is 3. The second-order valence-electron chi connectivity index (χ2n) is 5.94. The van der Waals surface area contributed by atoms with Gasteiger partial charge in [0.25, 0.3) is 0 Å². The topological polar surface area (TPSA) is 61.8 Å². The average molecular weight is 346 g/mol. The van der Waals surface area contributed by atoms with Crippen LogP contribution in [0.25, 0.3) is 0 Å². The predicted octanol–water partition coefficient (Wildman–Crippen LogP) is 2.54. The van der Waals surface area contributed by atoms with Crippen molar-refractivity contribution in [1.82, 2.24) is 10.2 Å². The zero-order chi connectivity index (χ0) is 17.7. The number of amides is 2. The molecule has 5 nitrogen and oxygen atoms in total. The number of urea groups is 1. The summed E-state index contributed by atoms with van der Waals surface area (Å²) in [5.74, 6) is 0.225. The molecule has 2 atom stereocenters. The van der Waals surface area contributed by atoms with E-state index in [9.17, 15) is 23.1 Å². The normalized spacial score (nSPS) is 19.2. The molecule has 0 radical (unpaired) electrons. The van der Waals surface area contributed by atoms with E-state index < -0.39 is 18.9 Å². The molecule has 1 aromatic rings. The highest BCUT2D eigenvalue weighted by molar-refractivity contribution is 5.74. The van der Waals surface area contributed by atoms with Crippen molar-refractivity contribution in [2.45, 2.75) is 32.2 Å². The van der Waals surface area contributed by atoms with E-state index in [1.807, 2.05) is 0 Å². The fraction of sp³-hybridized carbons (Fsp3) is 0.562. The van der Waals surface area contributed by atoms with Crippen LogP contribution in [0.5, 0.6) is 5.75 Å². The second-order valence-corrected chi connectivity index (χ2v) is 5.94. The Labute approximate surface area is 138 Å². The molecule has 2 amide bonds. The molecule has 1 aliphatic rings. The molecular weight excluding hydrogens is 325 g/mol. The Hall–Kier alpha value is -1.96. The van der Waals surface area contributed by atoms with Crippen molar-refractivity contribution in [3.8, 4) is 5.75 Å². The summed E-state index contributed by atoms with van der Waals surface area (Å²) in [6.45, 7) is 1.78. The number of nitrogens with one attached hydrogen (secondary N) is 1. The van der Waals surface area contributed by atoms with Gasteiger partial charge in [-0.25, -0.2) is 4.79 Å². The summed E-state index contributed by atoms with van der Waals surface area (Å²) in [6, 6.07) is 5.87. The van der Waals surface area contributed by atoms with Gasteiger partial charge in [-0.05, 0) is 31.0 Å². The number of carbonyl (C=O) groups excluding carboxylic acids is 1. The van der Waals surface area contributed by atoms with Crippen LogP contribution in [0.2, 0.25) is 0 Å². The van der Waals surface area contributed by atoms with Crippen molar-refractivity contribution >= 4 is 6.03 Å². The Balaban J connectivity index is 1.77. The van der Waals surface area contributed by atoms with Crippen LogP contribution in [0.4, 0.5) is 18.0 Å². The molecule has 0 saturated carbocycles. The van der Waals surface area contributed by atoms with Gasteiger partial charge in [0.2, 0.25) is 0 Å². The number of alkyl halides is 3. The molecule has 0 aliphatic carbocycles. The van der Waals surface area contributed by atoms with E-state index in [2.05, 4.69) is 10.1 Å². The first-order chi connectivity index (χ1) is 11.2. The molecule has 1 aliphatic heterocycles. The van der Waals surface area contributed by atoms with E-state index in [1.165, 1.54) is 12.1 Å². The Morgan fingerprint density at radius 3 is 2.62 bits per heavy atom. The number of aliphatic hydroxyl groups is 1. The summed E-state index contributed by atoms with van der Waals surface area (Å²) < 4.78 is 40.8. The van der Waals surface area contributed by atoms with Crippen LogP contribution in [0.1, 0.15) is 18.9 Å². The Morgan fingerprint density at radius 1 is 1.42 bits per heavy atom. The molecular formula is C16H21F3N2O3. The third kappa shape index (κ3) is 5.59. The van der Waals surface area contributed by atoms with Crippen LogP contribution in [0.3, 0.4) is 0 Å². The van der Waals surface area contributed by atoms with Gasteiger partial charge >= 0.3 is 12.2 Å². The number of likely N-dealkylation sites (tertiary alicyclic amines) is 1. The van der Waals surface area contributed by atoms with Gasteiger partial charge in [0.15, 0.2) is 6.61 Å². The van der Waals surface area contributed by atoms with Crippen LogP contribution in [0.15, 0.2) is 24.3 Å². The Kier molecular flexibility index (Phi) is 5.93. The van der Waals surface area contributed by atoms with E-state index in [4.69, 9.17) is 0 Å². The third-order valence-electron chi connectivity index (χ3n) is 3.96. The van der Waals surface area contributed by atoms with Gasteiger partial charge in [0, 0.05) is 25.6 Å². The van der Waals surface area contributed by atoms with E-state index >= 15 is 0 Å². The highest BCUT2D eigenvalue weighted by Crippen LogP contribution is 2.20. The van der Waals surface area contributed by atoms with E-state index in [1.54, 1.807) is 24.0 Å². The lowest BCUT2D eigenvalue weighted by atomic mass is 10.0. The fourth-order valence-corrected chi connectivity index (χ4v) is 2.52. The number of hydrogen-bond acceptors (Lipinski definition) is 3. The maximum absolute atomic E-state index is 12.1. The molecule has 1 saturated heterocycles. The monoisotopic (exact) mass is 346 g/mol. The summed E-state index contributed by atoms with van der Waals surface area (Å²) in [5.41, 5.74) is 0.758. The number of nitrogens with zero attached hydrogens (tertiary/aromatic N) is 1. The van der Waals surface area contributed by atoms with Crippen molar-refractivity contribution in [2.24, 2.45) is 5.92 Å². The van der Waals surface area contributed by atoms with Gasteiger partial charge in [0.05, 0.1) is 6.10 Å². The van der Waals surface area contributed by atoms with Crippen LogP contribution in [-0.4, -0.2) is 48.0 Å². The summed E-state index contributed by atoms with van der Waals surface area (Å²) in [7, 11) is 0. The van der Waals surface area contributed by atoms with Gasteiger partial charge in [-0.15, -0.1) is 0 Å². The first-order valence-corrected chi connectivity index (χ1v) is 7.74. The fourth-order valence-electron chi connectivity index (χ4n) is 2.52. The highest BCUT2D eigenvalue weighted by atomic mass is 19.4. The number of ether oxygens (including phenoxy) is 1. The summed E-state index contributed by atoms with van der Waals surface area (Å²) >= 11 is 0. The molecule has 8 heteroatoms. The van der Waals surface area contributed by atoms with Gasteiger partial charge in [0.1, 0.15) is 5.75 Å². The Bertz CT molecular complexity index is 546. The zero-order valence-corrected chi connectivity index (χ0v) is 13.3. The first-order valence-electron chi connectivity index (χ1n) is 7.74. The molecule has 1 aromatic carbocycles. The van der Waals surface area contributed by atoms with Gasteiger partial charge in [-0.3, -0.25) is 0 Å². The van der Waals surface area contributed by atoms with Crippen molar-refractivity contribution in [3.05, 3.63) is 29.8 Å². The molecule has 1 heterocycles. The summed E-state index contributed by atoms with van der Waals surface area (Å²) in [6.07, 6.45) is -4.03. The molecule has 2 unspecified atom stereocenters. The number of carbonyl (C=O) groups is 1. The maximum atomic E-state index is 12.1.